The molecule has 23 heavy (non-hydrogen) atoms. The first-order valence-electron chi connectivity index (χ1n) is 8.66. The third kappa shape index (κ3) is 3.75. The summed E-state index contributed by atoms with van der Waals surface area (Å²) in [6.45, 7) is 6.01. The molecule has 1 aliphatic heterocycles. The van der Waals surface area contributed by atoms with Gasteiger partial charge in [-0.15, -0.1) is 0 Å². The van der Waals surface area contributed by atoms with Crippen LogP contribution in [0.1, 0.15) is 56.6 Å². The van der Waals surface area contributed by atoms with Gasteiger partial charge >= 0.3 is 5.97 Å². The highest BCUT2D eigenvalue weighted by Gasteiger charge is 2.50. The SMILES string of the molecule is CC(C)c1ccc(CNC2CCOC3(C2)CC(C(=O)O)C3)cc1. The van der Waals surface area contributed by atoms with Crippen molar-refractivity contribution in [2.45, 2.75) is 63.6 Å². The Morgan fingerprint density at radius 3 is 2.61 bits per heavy atom. The summed E-state index contributed by atoms with van der Waals surface area (Å²) in [6, 6.07) is 9.22. The first kappa shape index (κ1) is 16.5. The Kier molecular flexibility index (Phi) is 4.74. The standard InChI is InChI=1S/C19H27NO3/c1-13(2)15-5-3-14(4-6-15)12-20-17-7-8-23-19(11-17)9-16(10-19)18(21)22/h3-6,13,16-17,20H,7-12H2,1-2H3,(H,21,22). The largest absolute Gasteiger partial charge is 0.481 e. The predicted molar refractivity (Wildman–Crippen MR) is 89.4 cm³/mol. The molecule has 2 aliphatic rings. The van der Waals surface area contributed by atoms with Crippen molar-refractivity contribution in [3.63, 3.8) is 0 Å². The Bertz CT molecular complexity index is 546. The van der Waals surface area contributed by atoms with E-state index in [-0.39, 0.29) is 11.5 Å². The number of nitrogens with one attached hydrogen (secondary N) is 1. The minimum Gasteiger partial charge on any atom is -0.481 e. The molecule has 2 N–H and O–H groups in total. The molecular weight excluding hydrogens is 290 g/mol. The van der Waals surface area contributed by atoms with Crippen molar-refractivity contribution in [2.75, 3.05) is 6.61 Å². The van der Waals surface area contributed by atoms with E-state index in [4.69, 9.17) is 9.84 Å². The normalized spacial score (nSPS) is 30.4. The van der Waals surface area contributed by atoms with E-state index < -0.39 is 5.97 Å². The molecule has 0 amide bonds. The van der Waals surface area contributed by atoms with Crippen LogP contribution in [0.4, 0.5) is 0 Å². The summed E-state index contributed by atoms with van der Waals surface area (Å²) >= 11 is 0. The van der Waals surface area contributed by atoms with Crippen LogP contribution in [0.5, 0.6) is 0 Å². The molecule has 1 saturated carbocycles. The molecule has 1 heterocycles. The molecule has 0 bridgehead atoms. The number of rotatable bonds is 5. The quantitative estimate of drug-likeness (QED) is 0.875. The molecule has 4 nitrogen and oxygen atoms in total. The maximum Gasteiger partial charge on any atom is 0.306 e. The Balaban J connectivity index is 1.50. The summed E-state index contributed by atoms with van der Waals surface area (Å²) in [5.74, 6) is -0.329. The summed E-state index contributed by atoms with van der Waals surface area (Å²) in [5.41, 5.74) is 2.49. The fourth-order valence-corrected chi connectivity index (χ4v) is 3.78. The molecule has 1 unspecified atom stereocenters. The highest BCUT2D eigenvalue weighted by atomic mass is 16.5. The lowest BCUT2D eigenvalue weighted by Crippen LogP contribution is -2.55. The van der Waals surface area contributed by atoms with E-state index in [0.29, 0.717) is 24.8 Å². The van der Waals surface area contributed by atoms with Crippen molar-refractivity contribution in [1.82, 2.24) is 5.32 Å². The van der Waals surface area contributed by atoms with Gasteiger partial charge in [0.25, 0.3) is 0 Å². The number of hydrogen-bond acceptors (Lipinski definition) is 3. The van der Waals surface area contributed by atoms with E-state index in [2.05, 4.69) is 43.4 Å². The van der Waals surface area contributed by atoms with E-state index in [1.165, 1.54) is 11.1 Å². The van der Waals surface area contributed by atoms with Crippen LogP contribution in [0, 0.1) is 5.92 Å². The van der Waals surface area contributed by atoms with Gasteiger partial charge in [0.1, 0.15) is 0 Å². The van der Waals surface area contributed by atoms with Gasteiger partial charge in [0.05, 0.1) is 11.5 Å². The van der Waals surface area contributed by atoms with Crippen LogP contribution in [0.3, 0.4) is 0 Å². The summed E-state index contributed by atoms with van der Waals surface area (Å²) in [5, 5.41) is 12.7. The van der Waals surface area contributed by atoms with Crippen LogP contribution in [0.25, 0.3) is 0 Å². The highest BCUT2D eigenvalue weighted by Crippen LogP contribution is 2.46. The van der Waals surface area contributed by atoms with Gasteiger partial charge in [0.15, 0.2) is 0 Å². The molecule has 0 aromatic heterocycles. The number of carboxylic acids is 1. The summed E-state index contributed by atoms with van der Waals surface area (Å²) in [6.07, 6.45) is 3.28. The van der Waals surface area contributed by atoms with Crippen LogP contribution in [-0.2, 0) is 16.1 Å². The van der Waals surface area contributed by atoms with Crippen molar-refractivity contribution in [2.24, 2.45) is 5.92 Å². The number of benzene rings is 1. The Morgan fingerprint density at radius 1 is 1.30 bits per heavy atom. The van der Waals surface area contributed by atoms with Gasteiger partial charge in [0, 0.05) is 19.2 Å². The van der Waals surface area contributed by atoms with Gasteiger partial charge in [-0.3, -0.25) is 4.79 Å². The Morgan fingerprint density at radius 2 is 2.00 bits per heavy atom. The Labute approximate surface area is 138 Å². The molecule has 1 aliphatic carbocycles. The van der Waals surface area contributed by atoms with Gasteiger partial charge in [-0.2, -0.15) is 0 Å². The number of hydrogen-bond donors (Lipinski definition) is 2. The van der Waals surface area contributed by atoms with Gasteiger partial charge in [-0.1, -0.05) is 38.1 Å². The maximum absolute atomic E-state index is 11.0. The second-order valence-electron chi connectivity index (χ2n) is 7.44. The fraction of sp³-hybridized carbons (Fsp3) is 0.632. The zero-order valence-corrected chi connectivity index (χ0v) is 14.0. The molecule has 1 spiro atoms. The second kappa shape index (κ2) is 6.62. The molecule has 2 fully saturated rings. The molecule has 0 radical (unpaired) electrons. The predicted octanol–water partition coefficient (Wildman–Crippen LogP) is 3.31. The van der Waals surface area contributed by atoms with E-state index in [9.17, 15) is 4.79 Å². The van der Waals surface area contributed by atoms with E-state index in [1.54, 1.807) is 0 Å². The van der Waals surface area contributed by atoms with E-state index in [0.717, 1.165) is 26.0 Å². The molecule has 126 valence electrons. The average Bonchev–Trinajstić information content (AvgIpc) is 2.51. The Hall–Kier alpha value is -1.39. The first-order valence-corrected chi connectivity index (χ1v) is 8.66. The minimum absolute atomic E-state index is 0.180. The summed E-state index contributed by atoms with van der Waals surface area (Å²) < 4.78 is 5.90. The van der Waals surface area contributed by atoms with Crippen molar-refractivity contribution in [1.29, 1.82) is 0 Å². The van der Waals surface area contributed by atoms with E-state index >= 15 is 0 Å². The highest BCUT2D eigenvalue weighted by molar-refractivity contribution is 5.71. The molecule has 3 rings (SSSR count). The molecule has 1 aromatic carbocycles. The average molecular weight is 317 g/mol. The van der Waals surface area contributed by atoms with Crippen LogP contribution < -0.4 is 5.32 Å². The van der Waals surface area contributed by atoms with Crippen LogP contribution >= 0.6 is 0 Å². The molecule has 4 heteroatoms. The fourth-order valence-electron chi connectivity index (χ4n) is 3.78. The molecule has 1 aromatic rings. The van der Waals surface area contributed by atoms with Crippen molar-refractivity contribution >= 4 is 5.97 Å². The second-order valence-corrected chi connectivity index (χ2v) is 7.44. The summed E-state index contributed by atoms with van der Waals surface area (Å²) in [7, 11) is 0. The topological polar surface area (TPSA) is 58.6 Å². The van der Waals surface area contributed by atoms with Crippen LogP contribution in [-0.4, -0.2) is 29.3 Å². The maximum atomic E-state index is 11.0. The van der Waals surface area contributed by atoms with E-state index in [1.807, 2.05) is 0 Å². The van der Waals surface area contributed by atoms with Crippen LogP contribution in [0.2, 0.25) is 0 Å². The molecule has 1 saturated heterocycles. The third-order valence-corrected chi connectivity index (χ3v) is 5.32. The lowest BCUT2D eigenvalue weighted by atomic mass is 9.66. The van der Waals surface area contributed by atoms with Gasteiger partial charge in [0.2, 0.25) is 0 Å². The lowest BCUT2D eigenvalue weighted by Gasteiger charge is -2.50. The minimum atomic E-state index is -0.681. The number of carbonyl (C=O) groups is 1. The lowest BCUT2D eigenvalue weighted by molar-refractivity contribution is -0.181. The smallest absolute Gasteiger partial charge is 0.306 e. The first-order chi connectivity index (χ1) is 11.0. The summed E-state index contributed by atoms with van der Waals surface area (Å²) in [4.78, 5) is 11.0. The number of ether oxygens (including phenoxy) is 1. The third-order valence-electron chi connectivity index (χ3n) is 5.32. The zero-order chi connectivity index (χ0) is 16.4. The number of carboxylic acid groups (broad SMARTS) is 1. The molecular formula is C19H27NO3. The number of aliphatic carboxylic acids is 1. The zero-order valence-electron chi connectivity index (χ0n) is 14.0. The van der Waals surface area contributed by atoms with Crippen molar-refractivity contribution < 1.29 is 14.6 Å². The van der Waals surface area contributed by atoms with Gasteiger partial charge < -0.3 is 15.2 Å². The van der Waals surface area contributed by atoms with Crippen molar-refractivity contribution in [3.05, 3.63) is 35.4 Å². The van der Waals surface area contributed by atoms with Crippen molar-refractivity contribution in [3.8, 4) is 0 Å². The monoisotopic (exact) mass is 317 g/mol. The van der Waals surface area contributed by atoms with Gasteiger partial charge in [-0.05, 0) is 42.7 Å². The molecule has 1 atom stereocenters. The van der Waals surface area contributed by atoms with Crippen LogP contribution in [0.15, 0.2) is 24.3 Å². The van der Waals surface area contributed by atoms with Gasteiger partial charge in [-0.25, -0.2) is 0 Å².